The molecule has 1 fully saturated rings. The summed E-state index contributed by atoms with van der Waals surface area (Å²) in [5, 5.41) is 0. The van der Waals surface area contributed by atoms with E-state index in [1.807, 2.05) is 36.2 Å². The number of urea groups is 1. The van der Waals surface area contributed by atoms with E-state index in [-0.39, 0.29) is 6.03 Å². The molecule has 0 N–H and O–H groups in total. The first-order chi connectivity index (χ1) is 8.68. The summed E-state index contributed by atoms with van der Waals surface area (Å²) in [7, 11) is 1.86. The molecule has 98 valence electrons. The third-order valence-corrected chi connectivity index (χ3v) is 3.58. The van der Waals surface area contributed by atoms with Crippen LogP contribution in [0.2, 0.25) is 0 Å². The first-order valence-corrected chi connectivity index (χ1v) is 6.78. The Hall–Kier alpha value is -1.51. The quantitative estimate of drug-likeness (QED) is 0.744. The average molecular weight is 246 g/mol. The Morgan fingerprint density at radius 1 is 1.06 bits per heavy atom. The fourth-order valence-corrected chi connectivity index (χ4v) is 2.35. The van der Waals surface area contributed by atoms with Crippen LogP contribution in [-0.4, -0.2) is 31.1 Å². The van der Waals surface area contributed by atoms with Gasteiger partial charge >= 0.3 is 6.03 Å². The SMILES string of the molecule is Cc1ccc(N(C)C(=O)N2CCCCCC2)cc1. The minimum atomic E-state index is 0.126. The summed E-state index contributed by atoms with van der Waals surface area (Å²) in [4.78, 5) is 16.1. The summed E-state index contributed by atoms with van der Waals surface area (Å²) < 4.78 is 0. The zero-order chi connectivity index (χ0) is 13.0. The second-order valence-electron chi connectivity index (χ2n) is 5.08. The maximum absolute atomic E-state index is 12.4. The fraction of sp³-hybridized carbons (Fsp3) is 0.533. The number of hydrogen-bond acceptors (Lipinski definition) is 1. The molecule has 1 aliphatic heterocycles. The number of rotatable bonds is 1. The molecule has 3 nitrogen and oxygen atoms in total. The van der Waals surface area contributed by atoms with Gasteiger partial charge in [-0.05, 0) is 31.9 Å². The van der Waals surface area contributed by atoms with E-state index in [1.165, 1.54) is 18.4 Å². The van der Waals surface area contributed by atoms with Crippen molar-refractivity contribution in [1.29, 1.82) is 0 Å². The van der Waals surface area contributed by atoms with Gasteiger partial charge in [0.15, 0.2) is 0 Å². The van der Waals surface area contributed by atoms with Crippen LogP contribution in [0.25, 0.3) is 0 Å². The highest BCUT2D eigenvalue weighted by Gasteiger charge is 2.19. The molecular formula is C15H22N2O. The van der Waals surface area contributed by atoms with Gasteiger partial charge in [0, 0.05) is 25.8 Å². The normalized spacial score (nSPS) is 16.2. The summed E-state index contributed by atoms with van der Waals surface area (Å²) >= 11 is 0. The Morgan fingerprint density at radius 2 is 1.61 bits per heavy atom. The summed E-state index contributed by atoms with van der Waals surface area (Å²) in [5.41, 5.74) is 2.18. The van der Waals surface area contributed by atoms with E-state index in [0.717, 1.165) is 31.6 Å². The van der Waals surface area contributed by atoms with Crippen molar-refractivity contribution in [2.75, 3.05) is 25.0 Å². The highest BCUT2D eigenvalue weighted by atomic mass is 16.2. The Labute approximate surface area is 109 Å². The summed E-state index contributed by atoms with van der Waals surface area (Å²) in [6, 6.07) is 8.22. The molecule has 18 heavy (non-hydrogen) atoms. The largest absolute Gasteiger partial charge is 0.324 e. The molecule has 0 aliphatic carbocycles. The average Bonchev–Trinajstić information content (AvgIpc) is 2.67. The topological polar surface area (TPSA) is 23.6 Å². The molecule has 2 amide bonds. The van der Waals surface area contributed by atoms with Gasteiger partial charge in [-0.25, -0.2) is 4.79 Å². The van der Waals surface area contributed by atoms with Crippen LogP contribution in [0.5, 0.6) is 0 Å². The lowest BCUT2D eigenvalue weighted by atomic mass is 10.2. The zero-order valence-corrected chi connectivity index (χ0v) is 11.4. The Balaban J connectivity index is 2.05. The fourth-order valence-electron chi connectivity index (χ4n) is 2.35. The Kier molecular flexibility index (Phi) is 4.24. The third kappa shape index (κ3) is 3.03. The van der Waals surface area contributed by atoms with Crippen molar-refractivity contribution in [1.82, 2.24) is 4.90 Å². The molecule has 1 aromatic carbocycles. The van der Waals surface area contributed by atoms with Crippen molar-refractivity contribution in [2.24, 2.45) is 0 Å². The van der Waals surface area contributed by atoms with Crippen LogP contribution >= 0.6 is 0 Å². The molecule has 1 aromatic rings. The van der Waals surface area contributed by atoms with Gasteiger partial charge in [-0.1, -0.05) is 30.5 Å². The lowest BCUT2D eigenvalue weighted by Gasteiger charge is -2.27. The summed E-state index contributed by atoms with van der Waals surface area (Å²) in [6.07, 6.45) is 4.76. The number of nitrogens with zero attached hydrogens (tertiary/aromatic N) is 2. The van der Waals surface area contributed by atoms with E-state index < -0.39 is 0 Å². The van der Waals surface area contributed by atoms with Crippen molar-refractivity contribution in [3.05, 3.63) is 29.8 Å². The van der Waals surface area contributed by atoms with E-state index >= 15 is 0 Å². The summed E-state index contributed by atoms with van der Waals surface area (Å²) in [6.45, 7) is 3.85. The number of carbonyl (C=O) groups excluding carboxylic acids is 1. The van der Waals surface area contributed by atoms with Gasteiger partial charge in [0.25, 0.3) is 0 Å². The number of likely N-dealkylation sites (tertiary alicyclic amines) is 1. The van der Waals surface area contributed by atoms with E-state index in [0.29, 0.717) is 0 Å². The summed E-state index contributed by atoms with van der Waals surface area (Å²) in [5.74, 6) is 0. The molecule has 2 rings (SSSR count). The number of amides is 2. The molecule has 0 saturated carbocycles. The predicted octanol–water partition coefficient (Wildman–Crippen LogP) is 3.43. The second-order valence-corrected chi connectivity index (χ2v) is 5.08. The van der Waals surface area contributed by atoms with Crippen molar-refractivity contribution in [3.8, 4) is 0 Å². The number of benzene rings is 1. The first kappa shape index (κ1) is 12.9. The highest BCUT2D eigenvalue weighted by molar-refractivity contribution is 5.91. The van der Waals surface area contributed by atoms with Gasteiger partial charge in [0.05, 0.1) is 0 Å². The molecule has 0 spiro atoms. The minimum absolute atomic E-state index is 0.126. The van der Waals surface area contributed by atoms with Crippen LogP contribution in [0.3, 0.4) is 0 Å². The standard InChI is InChI=1S/C15H22N2O/c1-13-7-9-14(10-8-13)16(2)15(18)17-11-5-3-4-6-12-17/h7-10H,3-6,11-12H2,1-2H3. The molecule has 0 unspecified atom stereocenters. The van der Waals surface area contributed by atoms with Crippen LogP contribution < -0.4 is 4.90 Å². The van der Waals surface area contributed by atoms with Crippen molar-refractivity contribution in [2.45, 2.75) is 32.6 Å². The number of aryl methyl sites for hydroxylation is 1. The molecule has 0 radical (unpaired) electrons. The number of hydrogen-bond donors (Lipinski definition) is 0. The maximum Gasteiger partial charge on any atom is 0.324 e. The van der Waals surface area contributed by atoms with Gasteiger partial charge < -0.3 is 4.90 Å². The number of anilines is 1. The first-order valence-electron chi connectivity index (χ1n) is 6.78. The van der Waals surface area contributed by atoms with Gasteiger partial charge in [-0.15, -0.1) is 0 Å². The van der Waals surface area contributed by atoms with E-state index in [2.05, 4.69) is 6.92 Å². The van der Waals surface area contributed by atoms with Crippen LogP contribution in [-0.2, 0) is 0 Å². The smallest absolute Gasteiger partial charge is 0.324 e. The second kappa shape index (κ2) is 5.89. The zero-order valence-electron chi connectivity index (χ0n) is 11.4. The van der Waals surface area contributed by atoms with E-state index in [4.69, 9.17) is 0 Å². The number of carbonyl (C=O) groups is 1. The van der Waals surface area contributed by atoms with Gasteiger partial charge in [-0.2, -0.15) is 0 Å². The molecule has 0 bridgehead atoms. The Bertz CT molecular complexity index is 391. The molecule has 3 heteroatoms. The van der Waals surface area contributed by atoms with Crippen molar-refractivity contribution in [3.63, 3.8) is 0 Å². The minimum Gasteiger partial charge on any atom is -0.324 e. The van der Waals surface area contributed by atoms with Crippen LogP contribution in [0, 0.1) is 6.92 Å². The lowest BCUT2D eigenvalue weighted by molar-refractivity contribution is 0.208. The van der Waals surface area contributed by atoms with E-state index in [9.17, 15) is 4.79 Å². The van der Waals surface area contributed by atoms with E-state index in [1.54, 1.807) is 4.90 Å². The van der Waals surface area contributed by atoms with Gasteiger partial charge in [-0.3, -0.25) is 4.90 Å². The third-order valence-electron chi connectivity index (χ3n) is 3.58. The lowest BCUT2D eigenvalue weighted by Crippen LogP contribution is -2.41. The van der Waals surface area contributed by atoms with Crippen LogP contribution in [0.15, 0.2) is 24.3 Å². The highest BCUT2D eigenvalue weighted by Crippen LogP contribution is 2.17. The molecule has 0 aromatic heterocycles. The van der Waals surface area contributed by atoms with Gasteiger partial charge in [0.1, 0.15) is 0 Å². The molecule has 0 atom stereocenters. The Morgan fingerprint density at radius 3 is 2.17 bits per heavy atom. The molecular weight excluding hydrogens is 224 g/mol. The maximum atomic E-state index is 12.4. The van der Waals surface area contributed by atoms with Crippen molar-refractivity contribution < 1.29 is 4.79 Å². The molecule has 1 heterocycles. The van der Waals surface area contributed by atoms with Crippen LogP contribution in [0.1, 0.15) is 31.2 Å². The molecule has 1 saturated heterocycles. The van der Waals surface area contributed by atoms with Gasteiger partial charge in [0.2, 0.25) is 0 Å². The molecule has 1 aliphatic rings. The van der Waals surface area contributed by atoms with Crippen LogP contribution in [0.4, 0.5) is 10.5 Å². The predicted molar refractivity (Wildman–Crippen MR) is 75.0 cm³/mol. The van der Waals surface area contributed by atoms with Crippen molar-refractivity contribution >= 4 is 11.7 Å². The monoisotopic (exact) mass is 246 g/mol.